The number of anilines is 1. The number of carboxylic acid groups (broad SMARTS) is 1. The number of hydrogen-bond acceptors (Lipinski definition) is 6. The Hall–Kier alpha value is -4.46. The van der Waals surface area contributed by atoms with Gasteiger partial charge in [0.25, 0.3) is 5.91 Å². The Morgan fingerprint density at radius 1 is 0.861 bits per heavy atom. The first kappa shape index (κ1) is 24.7. The van der Waals surface area contributed by atoms with Gasteiger partial charge in [-0.25, -0.2) is 0 Å². The summed E-state index contributed by atoms with van der Waals surface area (Å²) in [6.07, 6.45) is 0.836. The van der Waals surface area contributed by atoms with Gasteiger partial charge in [-0.15, -0.1) is 10.2 Å². The van der Waals surface area contributed by atoms with Crippen LogP contribution in [-0.2, 0) is 11.2 Å². The lowest BCUT2D eigenvalue weighted by Crippen LogP contribution is -2.38. The van der Waals surface area contributed by atoms with Gasteiger partial charge >= 0.3 is 5.97 Å². The van der Waals surface area contributed by atoms with Crippen LogP contribution < -0.4 is 10.6 Å². The fourth-order valence-corrected chi connectivity index (χ4v) is 3.67. The molecule has 8 nitrogen and oxygen atoms in total. The van der Waals surface area contributed by atoms with Crippen molar-refractivity contribution in [3.63, 3.8) is 0 Å². The second-order valence-corrected chi connectivity index (χ2v) is 8.78. The molecule has 0 fully saturated rings. The average molecular weight is 485 g/mol. The second-order valence-electron chi connectivity index (χ2n) is 8.78. The van der Waals surface area contributed by atoms with E-state index in [0.717, 1.165) is 35.3 Å². The topological polar surface area (TPSA) is 117 Å². The zero-order valence-electron chi connectivity index (χ0n) is 20.1. The number of nitrogens with zero attached hydrogens (tertiary/aromatic N) is 2. The third-order valence-corrected chi connectivity index (χ3v) is 5.75. The van der Waals surface area contributed by atoms with Crippen molar-refractivity contribution in [3.8, 4) is 22.9 Å². The quantitative estimate of drug-likeness (QED) is 0.293. The summed E-state index contributed by atoms with van der Waals surface area (Å²) in [6.45, 7) is 4.36. The van der Waals surface area contributed by atoms with Crippen molar-refractivity contribution in [1.29, 1.82) is 0 Å². The molecule has 1 heterocycles. The summed E-state index contributed by atoms with van der Waals surface area (Å²) in [4.78, 5) is 23.0. The number of benzene rings is 3. The van der Waals surface area contributed by atoms with Crippen molar-refractivity contribution < 1.29 is 19.1 Å². The van der Waals surface area contributed by atoms with E-state index < -0.39 is 17.9 Å². The number of aromatic nitrogens is 2. The molecule has 0 spiro atoms. The first-order valence-electron chi connectivity index (χ1n) is 11.7. The molecule has 0 bridgehead atoms. The van der Waals surface area contributed by atoms with Gasteiger partial charge in [0.05, 0.1) is 0 Å². The van der Waals surface area contributed by atoms with Crippen LogP contribution in [0.4, 0.5) is 5.69 Å². The molecule has 8 heteroatoms. The first-order valence-corrected chi connectivity index (χ1v) is 11.7. The van der Waals surface area contributed by atoms with Crippen LogP contribution in [0, 0.1) is 5.92 Å². The summed E-state index contributed by atoms with van der Waals surface area (Å²) in [5, 5.41) is 23.1. The van der Waals surface area contributed by atoms with Crippen LogP contribution in [0.1, 0.15) is 29.8 Å². The van der Waals surface area contributed by atoms with Gasteiger partial charge in [-0.05, 0) is 73.4 Å². The number of rotatable bonds is 10. The maximum atomic E-state index is 12.1. The van der Waals surface area contributed by atoms with Crippen LogP contribution in [0.3, 0.4) is 0 Å². The third-order valence-electron chi connectivity index (χ3n) is 5.75. The van der Waals surface area contributed by atoms with Gasteiger partial charge in [0, 0.05) is 28.9 Å². The predicted octanol–water partition coefficient (Wildman–Crippen LogP) is 4.90. The normalized spacial score (nSPS) is 12.5. The third kappa shape index (κ3) is 6.35. The highest BCUT2D eigenvalue weighted by Gasteiger charge is 2.15. The van der Waals surface area contributed by atoms with E-state index in [0.29, 0.717) is 23.3 Å². The summed E-state index contributed by atoms with van der Waals surface area (Å²) < 4.78 is 5.82. The number of amides is 1. The molecule has 0 saturated carbocycles. The van der Waals surface area contributed by atoms with E-state index in [1.807, 2.05) is 66.7 Å². The highest BCUT2D eigenvalue weighted by Crippen LogP contribution is 2.25. The molecule has 0 aliphatic heterocycles. The second kappa shape index (κ2) is 11.3. The molecule has 1 amide bonds. The number of carboxylic acids is 1. The number of aliphatic carboxylic acids is 1. The van der Waals surface area contributed by atoms with Crippen molar-refractivity contribution in [2.75, 3.05) is 11.9 Å². The summed E-state index contributed by atoms with van der Waals surface area (Å²) in [5.41, 5.74) is 4.27. The van der Waals surface area contributed by atoms with Crippen LogP contribution >= 0.6 is 0 Å². The van der Waals surface area contributed by atoms with Gasteiger partial charge in [0.1, 0.15) is 6.04 Å². The van der Waals surface area contributed by atoms with E-state index in [9.17, 15) is 9.59 Å². The SMILES string of the molecule is CC(CNc1ccc(-c2nnc(-c3ccccc3)o2)cc1)Cc1ccc(C(=O)N[C@@H](C)C(=O)O)cc1. The first-order chi connectivity index (χ1) is 17.4. The lowest BCUT2D eigenvalue weighted by atomic mass is 9.99. The molecule has 4 rings (SSSR count). The average Bonchev–Trinajstić information content (AvgIpc) is 3.39. The zero-order chi connectivity index (χ0) is 25.5. The minimum atomic E-state index is -1.07. The molecular formula is C28H28N4O4. The number of hydrogen-bond donors (Lipinski definition) is 3. The predicted molar refractivity (Wildman–Crippen MR) is 138 cm³/mol. The molecule has 184 valence electrons. The summed E-state index contributed by atoms with van der Waals surface area (Å²) in [6, 6.07) is 23.8. The molecule has 0 aliphatic rings. The largest absolute Gasteiger partial charge is 0.480 e. The van der Waals surface area contributed by atoms with E-state index in [-0.39, 0.29) is 0 Å². The van der Waals surface area contributed by atoms with Crippen LogP contribution in [0.5, 0.6) is 0 Å². The Labute approximate surface area is 209 Å². The number of carbonyl (C=O) groups is 2. The van der Waals surface area contributed by atoms with Crippen molar-refractivity contribution in [2.24, 2.45) is 5.92 Å². The molecule has 0 aliphatic carbocycles. The van der Waals surface area contributed by atoms with Crippen LogP contribution in [0.2, 0.25) is 0 Å². The van der Waals surface area contributed by atoms with Crippen molar-refractivity contribution >= 4 is 17.6 Å². The van der Waals surface area contributed by atoms with E-state index >= 15 is 0 Å². The van der Waals surface area contributed by atoms with E-state index in [4.69, 9.17) is 9.52 Å². The zero-order valence-corrected chi connectivity index (χ0v) is 20.1. The molecule has 0 saturated heterocycles. The Kier molecular flexibility index (Phi) is 7.75. The van der Waals surface area contributed by atoms with Gasteiger partial charge in [0.15, 0.2) is 0 Å². The van der Waals surface area contributed by atoms with Gasteiger partial charge in [-0.2, -0.15) is 0 Å². The van der Waals surface area contributed by atoms with E-state index in [2.05, 4.69) is 27.8 Å². The summed E-state index contributed by atoms with van der Waals surface area (Å²) in [5.74, 6) is -0.150. The Balaban J connectivity index is 1.27. The molecule has 36 heavy (non-hydrogen) atoms. The number of carbonyl (C=O) groups excluding carboxylic acids is 1. The maximum Gasteiger partial charge on any atom is 0.325 e. The fraction of sp³-hybridized carbons (Fsp3) is 0.214. The fourth-order valence-electron chi connectivity index (χ4n) is 3.67. The van der Waals surface area contributed by atoms with Crippen molar-refractivity contribution in [3.05, 3.63) is 90.0 Å². The summed E-state index contributed by atoms with van der Waals surface area (Å²) >= 11 is 0. The maximum absolute atomic E-state index is 12.1. The Bertz CT molecular complexity index is 1300. The van der Waals surface area contributed by atoms with Crippen molar-refractivity contribution in [2.45, 2.75) is 26.3 Å². The Morgan fingerprint density at radius 2 is 1.47 bits per heavy atom. The molecule has 3 N–H and O–H groups in total. The van der Waals surface area contributed by atoms with Crippen molar-refractivity contribution in [1.82, 2.24) is 15.5 Å². The molecule has 0 radical (unpaired) electrons. The van der Waals surface area contributed by atoms with E-state index in [1.54, 1.807) is 12.1 Å². The minimum Gasteiger partial charge on any atom is -0.480 e. The van der Waals surface area contributed by atoms with Gasteiger partial charge in [-0.1, -0.05) is 37.3 Å². The smallest absolute Gasteiger partial charge is 0.325 e. The number of nitrogens with one attached hydrogen (secondary N) is 2. The Morgan fingerprint density at radius 3 is 2.08 bits per heavy atom. The summed E-state index contributed by atoms with van der Waals surface area (Å²) in [7, 11) is 0. The molecule has 1 unspecified atom stereocenters. The molecule has 3 aromatic carbocycles. The van der Waals surface area contributed by atoms with Gasteiger partial charge < -0.3 is 20.2 Å². The van der Waals surface area contributed by atoms with E-state index in [1.165, 1.54) is 6.92 Å². The minimum absolute atomic E-state index is 0.348. The van der Waals surface area contributed by atoms with Crippen LogP contribution in [0.15, 0.2) is 83.3 Å². The lowest BCUT2D eigenvalue weighted by Gasteiger charge is -2.14. The van der Waals surface area contributed by atoms with Gasteiger partial charge in [0.2, 0.25) is 11.8 Å². The highest BCUT2D eigenvalue weighted by atomic mass is 16.4. The molecule has 4 aromatic rings. The molecule has 2 atom stereocenters. The molecular weight excluding hydrogens is 456 g/mol. The monoisotopic (exact) mass is 484 g/mol. The highest BCUT2D eigenvalue weighted by molar-refractivity contribution is 5.96. The van der Waals surface area contributed by atoms with Gasteiger partial charge in [-0.3, -0.25) is 9.59 Å². The van der Waals surface area contributed by atoms with Crippen LogP contribution in [0.25, 0.3) is 22.9 Å². The van der Waals surface area contributed by atoms with Crippen LogP contribution in [-0.4, -0.2) is 39.8 Å². The lowest BCUT2D eigenvalue weighted by molar-refractivity contribution is -0.138. The molecule has 1 aromatic heterocycles. The standard InChI is InChI=1S/C28H28N4O4/c1-18(16-20-8-10-21(11-9-20)25(33)30-19(2)28(34)35)17-29-24-14-12-23(13-15-24)27-32-31-26(36-27)22-6-4-3-5-7-22/h3-15,18-19,29H,16-17H2,1-2H3,(H,30,33)(H,34,35)/t18?,19-/m0/s1.